The van der Waals surface area contributed by atoms with Gasteiger partial charge in [-0.15, -0.1) is 42.4 Å². The molecule has 3 aromatic rings. The SMILES string of the molecule is C=I1=C([C@H](Cc2ccccc2)NC(=O)[C@H](C)[C@@H](OC)[C@@H]2CCCN2C(=O)C[C@@H](OC)[C@H]([C@@H](C)CC)N(C)C(=O)[C@@H](NC(=O)[C@H](C(C)C)N(C)C(=O)OCc2ccc(NC(=O)[C@H](CCCNC(N)=O)NC(=O)[C@@H](NC(=O)c3cc4cc(c3)NC(=O)/C(=C\C(=O)O)SC(C)(C3CCCCCC3)CC(C)(CC)S/C(=C/C(=O)O)C(=O)N4)C(C)C)cc2)C(C)C)SC=C1. The lowest BCUT2D eigenvalue weighted by Gasteiger charge is -2.44. The molecule has 13 atom stereocenters. The molecule has 0 radical (unpaired) electrons. The number of fused-ring (bicyclic) bond motifs is 2. The van der Waals surface area contributed by atoms with Crippen LogP contribution in [0.2, 0.25) is 0 Å². The third kappa shape index (κ3) is 29.0. The van der Waals surface area contributed by atoms with Crippen LogP contribution < -0.4 is 48.3 Å². The summed E-state index contributed by atoms with van der Waals surface area (Å²) in [4.78, 5) is 186. The monoisotopic (exact) mass is 1890 g/mol. The number of likely N-dealkylation sites (N-methyl/N-ethyl adjacent to an activating group) is 2. The van der Waals surface area contributed by atoms with Gasteiger partial charge >= 0.3 is 24.1 Å². The molecule has 0 aromatic heterocycles. The molecule has 3 heterocycles. The molecular weight excluding hydrogens is 1760 g/mol. The highest BCUT2D eigenvalue weighted by Crippen LogP contribution is 2.53. The first-order chi connectivity index (χ1) is 58.6. The Hall–Kier alpha value is -8.97. The highest BCUT2D eigenvalue weighted by Gasteiger charge is 2.47. The molecule has 124 heavy (non-hydrogen) atoms. The van der Waals surface area contributed by atoms with Crippen LogP contribution in [0.15, 0.2) is 104 Å². The van der Waals surface area contributed by atoms with Crippen LogP contribution in [0, 0.1) is 35.5 Å². The van der Waals surface area contributed by atoms with E-state index >= 15 is 4.79 Å². The van der Waals surface area contributed by atoms with E-state index in [1.807, 2.05) is 71.9 Å². The fraction of sp³-hybridized carbons (Fsp3) is 0.567. The van der Waals surface area contributed by atoms with Gasteiger partial charge < -0.3 is 82.5 Å². The molecular formula is C90H129IN12O18S3. The van der Waals surface area contributed by atoms with Crippen LogP contribution in [-0.2, 0) is 75.2 Å². The predicted octanol–water partition coefficient (Wildman–Crippen LogP) is 12.3. The Kier molecular flexibility index (Phi) is 39.6. The van der Waals surface area contributed by atoms with Crippen molar-refractivity contribution >= 4 is 156 Å². The number of nitrogens with two attached hydrogens (primary N) is 1. The van der Waals surface area contributed by atoms with Crippen molar-refractivity contribution in [3.05, 3.63) is 121 Å². The zero-order valence-electron chi connectivity index (χ0n) is 74.3. The summed E-state index contributed by atoms with van der Waals surface area (Å²) in [6.45, 7) is 22.1. The quantitative estimate of drug-likeness (QED) is 0.0110. The lowest BCUT2D eigenvalue weighted by Crippen LogP contribution is -2.60. The van der Waals surface area contributed by atoms with Gasteiger partial charge in [0.15, 0.2) is 0 Å². The van der Waals surface area contributed by atoms with Gasteiger partial charge in [0.25, 0.3) is 17.7 Å². The van der Waals surface area contributed by atoms with E-state index in [1.165, 1.54) is 47.3 Å². The van der Waals surface area contributed by atoms with Crippen molar-refractivity contribution in [2.45, 2.75) is 250 Å². The van der Waals surface area contributed by atoms with Crippen molar-refractivity contribution in [2.24, 2.45) is 41.2 Å². The van der Waals surface area contributed by atoms with Crippen LogP contribution in [0.1, 0.15) is 194 Å². The first kappa shape index (κ1) is 102. The maximum absolute atomic E-state index is 15.0. The molecule has 0 spiro atoms. The Labute approximate surface area is 748 Å². The number of hydrogen-bond acceptors (Lipinski definition) is 19. The number of halogens is 1. The zero-order chi connectivity index (χ0) is 91.6. The maximum atomic E-state index is 15.0. The normalized spacial score (nSPS) is 21.1. The summed E-state index contributed by atoms with van der Waals surface area (Å²) in [5.74, 6) is -10.7. The molecule has 12 N–H and O–H groups in total. The van der Waals surface area contributed by atoms with Gasteiger partial charge in [-0.05, 0) is 145 Å². The van der Waals surface area contributed by atoms with E-state index in [9.17, 15) is 67.7 Å². The minimum atomic E-state index is -1.82. The fourth-order valence-corrected chi connectivity index (χ4v) is 25.3. The number of primary amides is 1. The number of carboxylic acids is 2. The number of hydrogen-bond donors (Lipinski definition) is 11. The fourth-order valence-electron chi connectivity index (χ4n) is 16.6. The standard InChI is InChI=1S/C90H129IN12O18S3/c1-18-55(9)76(67(119-16)47-70(104)103-41-28-34-66(103)77(120-17)56(10)79(109)98-65(78-91(13)39-42-122-78)43-57-29-23-22-24-30-57)101(14)86(116)74(53(5)6)100-85(115)75(54(7)8)102(15)88(118)121-50-58-35-37-61(38-36-58)94-81(111)64(33-27-40-93-87(92)117)97-84(114)73(52(3)4)99-80(110)59-44-62-46-63(45-59)96-83(113)69(49-72(107)108)124-90(12,60-31-25-20-21-26-32-60)51-89(11,19-2)123-68(48-71(105)106)82(112)95-62/h22-24,29-30,35-39,42,44-46,48-49,52-56,60,64-67,73-77H,13,18-21,25-28,31-34,40-41,43,47,50-51H2,1-12,14-17H3,(H,94,111)(H,95,112)(H,96,113)(H,97,114)(H,98,109)(H,99,110)(H,100,115)(H,105,106)(H,107,108)(H3,92,93,117)/b68-48+,69-49+/t55-,56+,64-,65-,66-,67+,73-,74-,75-,76-,77+,89?,90?/m0/s1. The summed E-state index contributed by atoms with van der Waals surface area (Å²) in [5, 5.41) is 44.9. The van der Waals surface area contributed by atoms with Crippen molar-refractivity contribution in [3.8, 4) is 0 Å². The van der Waals surface area contributed by atoms with Gasteiger partial charge in [-0.25, -0.2) is 19.2 Å². The number of nitrogens with one attached hydrogen (secondary N) is 8. The number of likely N-dealkylation sites (tertiary alicyclic amines) is 1. The van der Waals surface area contributed by atoms with E-state index in [1.54, 1.807) is 89.4 Å². The van der Waals surface area contributed by atoms with Crippen molar-refractivity contribution in [1.82, 2.24) is 41.3 Å². The van der Waals surface area contributed by atoms with Crippen LogP contribution in [0.3, 0.4) is 0 Å². The number of ether oxygens (including phenoxy) is 3. The second-order valence-corrected chi connectivity index (χ2v) is 43.0. The molecule has 7 rings (SSSR count). The molecule has 1 aliphatic carbocycles. The van der Waals surface area contributed by atoms with E-state index in [0.29, 0.717) is 50.6 Å². The Bertz CT molecular complexity index is 4480. The highest BCUT2D eigenvalue weighted by atomic mass is 127. The topological polar surface area (TPSA) is 422 Å². The molecule has 1 saturated carbocycles. The Morgan fingerprint density at radius 3 is 1.86 bits per heavy atom. The van der Waals surface area contributed by atoms with E-state index in [4.69, 9.17) is 19.9 Å². The molecule has 1 saturated heterocycles. The molecule has 3 aliphatic heterocycles. The summed E-state index contributed by atoms with van der Waals surface area (Å²) in [7, 11) is 6.13. The van der Waals surface area contributed by atoms with Crippen LogP contribution in [0.5, 0.6) is 0 Å². The molecule has 3 aromatic carbocycles. The number of benzene rings is 3. The van der Waals surface area contributed by atoms with Gasteiger partial charge in [-0.2, -0.15) is 0 Å². The summed E-state index contributed by atoms with van der Waals surface area (Å²) in [5.41, 5.74) is 6.82. The van der Waals surface area contributed by atoms with Crippen LogP contribution >= 0.6 is 54.2 Å². The summed E-state index contributed by atoms with van der Waals surface area (Å²) >= 11 is 2.00. The average molecular weight is 1890 g/mol. The Morgan fingerprint density at radius 1 is 0.710 bits per heavy atom. The van der Waals surface area contributed by atoms with Crippen LogP contribution in [0.4, 0.5) is 26.7 Å². The van der Waals surface area contributed by atoms with Crippen molar-refractivity contribution in [1.29, 1.82) is 0 Å². The van der Waals surface area contributed by atoms with Crippen LogP contribution in [-0.4, -0.2) is 215 Å². The van der Waals surface area contributed by atoms with Gasteiger partial charge in [-0.1, -0.05) is 167 Å². The number of carbonyl (C=O) groups excluding carboxylic acids is 11. The van der Waals surface area contributed by atoms with E-state index in [-0.39, 0.29) is 94.5 Å². The molecule has 34 heteroatoms. The summed E-state index contributed by atoms with van der Waals surface area (Å²) in [6, 6.07) is 13.1. The predicted molar refractivity (Wildman–Crippen MR) is 498 cm³/mol. The largest absolute Gasteiger partial charge is 0.478 e. The van der Waals surface area contributed by atoms with Crippen LogP contribution in [0.25, 0.3) is 0 Å². The number of aliphatic carboxylic acids is 2. The third-order valence-electron chi connectivity index (χ3n) is 23.6. The molecule has 30 nitrogen and oxygen atoms in total. The van der Waals surface area contributed by atoms with Gasteiger partial charge in [0, 0.05) is 88.5 Å². The Balaban J connectivity index is 1.00. The number of anilines is 3. The van der Waals surface area contributed by atoms with E-state index in [2.05, 4.69) is 56.5 Å². The van der Waals surface area contributed by atoms with Crippen molar-refractivity contribution < 1.29 is 86.8 Å². The number of amides is 12. The minimum absolute atomic E-state index is 0.00161. The molecule has 682 valence electrons. The maximum Gasteiger partial charge on any atom is 0.410 e. The van der Waals surface area contributed by atoms with E-state index in [0.717, 1.165) is 84.7 Å². The van der Waals surface area contributed by atoms with Crippen molar-refractivity contribution in [3.63, 3.8) is 0 Å². The highest BCUT2D eigenvalue weighted by molar-refractivity contribution is 14.2. The molecule has 4 aliphatic rings. The number of nitrogens with zero attached hydrogens (tertiary/aromatic N) is 3. The molecule has 2 fully saturated rings. The number of carbonyl (C=O) groups is 13. The number of rotatable bonds is 38. The van der Waals surface area contributed by atoms with Gasteiger partial charge in [0.2, 0.25) is 35.4 Å². The molecule has 2 unspecified atom stereocenters. The van der Waals surface area contributed by atoms with Crippen molar-refractivity contribution in [2.75, 3.05) is 57.4 Å². The first-order valence-corrected chi connectivity index (χ1v) is 48.9. The van der Waals surface area contributed by atoms with Gasteiger partial charge in [-0.3, -0.25) is 48.1 Å². The minimum Gasteiger partial charge on any atom is -0.478 e. The lowest BCUT2D eigenvalue weighted by atomic mass is 9.80. The van der Waals surface area contributed by atoms with E-state index < -0.39 is 166 Å². The number of methoxy groups -OCH3 is 2. The number of urea groups is 1. The zero-order valence-corrected chi connectivity index (χ0v) is 78.9. The smallest absolute Gasteiger partial charge is 0.410 e. The summed E-state index contributed by atoms with van der Waals surface area (Å²) < 4.78 is 24.3. The number of carboxylic acid groups (broad SMARTS) is 2. The third-order valence-corrected chi connectivity index (χ3v) is 33.2. The second-order valence-electron chi connectivity index (χ2n) is 34.0. The average Bonchev–Trinajstić information content (AvgIpc) is 0.851. The van der Waals surface area contributed by atoms with Gasteiger partial charge in [0.05, 0.1) is 52.5 Å². The number of thioether (sulfide) groups is 3. The lowest BCUT2D eigenvalue weighted by molar-refractivity contribution is -0.148. The molecule has 2 bridgehead atoms. The summed E-state index contributed by atoms with van der Waals surface area (Å²) in [6.07, 6.45) is 8.07. The second kappa shape index (κ2) is 48.1. The first-order valence-electron chi connectivity index (χ1n) is 42.6. The molecule has 12 amide bonds. The van der Waals surface area contributed by atoms with Gasteiger partial charge in [0.1, 0.15) is 30.8 Å². The Morgan fingerprint density at radius 2 is 1.32 bits per heavy atom.